The lowest BCUT2D eigenvalue weighted by atomic mass is 10.1. The van der Waals surface area contributed by atoms with Crippen LogP contribution in [0.5, 0.6) is 5.75 Å². The van der Waals surface area contributed by atoms with Gasteiger partial charge in [0.2, 0.25) is 5.91 Å². The highest BCUT2D eigenvalue weighted by Gasteiger charge is 2.15. The molecule has 3 aromatic rings. The summed E-state index contributed by atoms with van der Waals surface area (Å²) in [5, 5.41) is 12.6. The molecule has 1 fully saturated rings. The van der Waals surface area contributed by atoms with Crippen LogP contribution in [0.15, 0.2) is 45.9 Å². The number of aryl methyl sites for hydroxylation is 1. The Morgan fingerprint density at radius 2 is 2.14 bits per heavy atom. The SMILES string of the molecule is O=C(CCCCC1CCSS1)NCc1cn(CCCCCOc2ccc3c(=O)ccoc3c2)nn1. The van der Waals surface area contributed by atoms with Crippen molar-refractivity contribution in [2.45, 2.75) is 69.7 Å². The molecule has 1 aliphatic heterocycles. The number of rotatable bonds is 14. The molecule has 4 rings (SSSR count). The fraction of sp³-hybridized carbons (Fsp3) is 0.520. The highest BCUT2D eigenvalue weighted by Crippen LogP contribution is 2.39. The molecule has 10 heteroatoms. The fourth-order valence-electron chi connectivity index (χ4n) is 3.92. The third kappa shape index (κ3) is 8.31. The molecule has 1 aromatic carbocycles. The van der Waals surface area contributed by atoms with Gasteiger partial charge in [0.25, 0.3) is 0 Å². The second-order valence-electron chi connectivity index (χ2n) is 8.68. The average Bonchev–Trinajstić information content (AvgIpc) is 3.55. The van der Waals surface area contributed by atoms with E-state index in [-0.39, 0.29) is 11.3 Å². The summed E-state index contributed by atoms with van der Waals surface area (Å²) >= 11 is 0. The van der Waals surface area contributed by atoms with E-state index >= 15 is 0 Å². The Hall–Kier alpha value is -2.46. The number of benzene rings is 1. The summed E-state index contributed by atoms with van der Waals surface area (Å²) in [5.74, 6) is 2.04. The van der Waals surface area contributed by atoms with Crippen LogP contribution in [0, 0.1) is 0 Å². The summed E-state index contributed by atoms with van der Waals surface area (Å²) in [6.07, 6.45) is 11.3. The smallest absolute Gasteiger partial charge is 0.220 e. The van der Waals surface area contributed by atoms with Gasteiger partial charge in [-0.2, -0.15) is 0 Å². The fourth-order valence-corrected chi connectivity index (χ4v) is 6.95. The van der Waals surface area contributed by atoms with Crippen molar-refractivity contribution in [3.8, 4) is 5.75 Å². The lowest BCUT2D eigenvalue weighted by molar-refractivity contribution is -0.121. The predicted molar refractivity (Wildman–Crippen MR) is 141 cm³/mol. The minimum atomic E-state index is -0.0556. The summed E-state index contributed by atoms with van der Waals surface area (Å²) in [5.41, 5.74) is 1.26. The number of unbranched alkanes of at least 4 members (excludes halogenated alkanes) is 3. The zero-order chi connectivity index (χ0) is 24.3. The Bertz CT molecular complexity index is 1140. The van der Waals surface area contributed by atoms with E-state index in [0.717, 1.165) is 49.6 Å². The van der Waals surface area contributed by atoms with Gasteiger partial charge >= 0.3 is 0 Å². The maximum absolute atomic E-state index is 12.1. The monoisotopic (exact) mass is 516 g/mol. The van der Waals surface area contributed by atoms with Crippen molar-refractivity contribution in [3.05, 3.63) is 52.6 Å². The minimum Gasteiger partial charge on any atom is -0.493 e. The number of aromatic nitrogens is 3. The molecule has 1 N–H and O–H groups in total. The van der Waals surface area contributed by atoms with Crippen molar-refractivity contribution in [2.75, 3.05) is 12.4 Å². The number of ether oxygens (including phenoxy) is 1. The number of nitrogens with one attached hydrogen (secondary N) is 1. The van der Waals surface area contributed by atoms with Crippen molar-refractivity contribution in [3.63, 3.8) is 0 Å². The van der Waals surface area contributed by atoms with Crippen LogP contribution in [0.3, 0.4) is 0 Å². The largest absolute Gasteiger partial charge is 0.493 e. The maximum atomic E-state index is 12.1. The van der Waals surface area contributed by atoms with E-state index in [1.807, 2.05) is 32.5 Å². The van der Waals surface area contributed by atoms with Gasteiger partial charge in [0, 0.05) is 36.1 Å². The summed E-state index contributed by atoms with van der Waals surface area (Å²) in [6, 6.07) is 6.69. The second kappa shape index (κ2) is 13.6. The number of carbonyl (C=O) groups excluding carboxylic acids is 1. The van der Waals surface area contributed by atoms with Crippen molar-refractivity contribution in [1.29, 1.82) is 0 Å². The molecule has 2 aromatic heterocycles. The lowest BCUT2D eigenvalue weighted by Crippen LogP contribution is -2.22. The topological polar surface area (TPSA) is 99.2 Å². The molecule has 1 atom stereocenters. The molecular formula is C25H32N4O4S2. The van der Waals surface area contributed by atoms with Crippen molar-refractivity contribution >= 4 is 38.5 Å². The first-order chi connectivity index (χ1) is 17.2. The molecule has 1 saturated heterocycles. The second-order valence-corrected chi connectivity index (χ2v) is 11.5. The number of amides is 1. The van der Waals surface area contributed by atoms with Crippen molar-refractivity contribution in [1.82, 2.24) is 20.3 Å². The number of hydrogen-bond acceptors (Lipinski definition) is 8. The van der Waals surface area contributed by atoms with Crippen LogP contribution in [-0.4, -0.2) is 38.5 Å². The minimum absolute atomic E-state index is 0.0556. The van der Waals surface area contributed by atoms with Gasteiger partial charge in [-0.15, -0.1) is 5.10 Å². The number of fused-ring (bicyclic) bond motifs is 1. The molecule has 188 valence electrons. The highest BCUT2D eigenvalue weighted by atomic mass is 33.1. The molecule has 0 aliphatic carbocycles. The van der Waals surface area contributed by atoms with Gasteiger partial charge in [-0.05, 0) is 50.7 Å². The molecule has 0 saturated carbocycles. The normalized spacial score (nSPS) is 15.5. The van der Waals surface area contributed by atoms with E-state index in [2.05, 4.69) is 15.6 Å². The molecule has 8 nitrogen and oxygen atoms in total. The van der Waals surface area contributed by atoms with Crippen LogP contribution in [0.4, 0.5) is 0 Å². The Morgan fingerprint density at radius 1 is 1.20 bits per heavy atom. The molecule has 1 aliphatic rings. The molecule has 1 unspecified atom stereocenters. The first kappa shape index (κ1) is 25.6. The standard InChI is InChI=1S/C25H32N4O4S2/c30-23-10-14-33-24-16-20(8-9-22(23)24)32-13-5-1-4-12-29-18-19(27-28-29)17-26-25(31)7-3-2-6-21-11-15-34-35-21/h8-10,14,16,18,21H,1-7,11-13,15,17H2,(H,26,31). The van der Waals surface area contributed by atoms with E-state index in [9.17, 15) is 9.59 Å². The van der Waals surface area contributed by atoms with Crippen LogP contribution in [0.2, 0.25) is 0 Å². The van der Waals surface area contributed by atoms with Crippen LogP contribution in [-0.2, 0) is 17.9 Å². The molecule has 3 heterocycles. The first-order valence-electron chi connectivity index (χ1n) is 12.3. The molecular weight excluding hydrogens is 484 g/mol. The zero-order valence-corrected chi connectivity index (χ0v) is 21.5. The van der Waals surface area contributed by atoms with Crippen molar-refractivity contribution in [2.24, 2.45) is 0 Å². The summed E-state index contributed by atoms with van der Waals surface area (Å²) in [6.45, 7) is 1.79. The number of nitrogens with zero attached hydrogens (tertiary/aromatic N) is 3. The van der Waals surface area contributed by atoms with Crippen LogP contribution < -0.4 is 15.5 Å². The van der Waals surface area contributed by atoms with Gasteiger partial charge < -0.3 is 14.5 Å². The van der Waals surface area contributed by atoms with E-state index in [0.29, 0.717) is 36.3 Å². The Labute approximate surface area is 213 Å². The van der Waals surface area contributed by atoms with Gasteiger partial charge in [0.15, 0.2) is 5.43 Å². The highest BCUT2D eigenvalue weighted by molar-refractivity contribution is 8.77. The zero-order valence-electron chi connectivity index (χ0n) is 19.8. The van der Waals surface area contributed by atoms with Crippen LogP contribution >= 0.6 is 21.6 Å². The van der Waals surface area contributed by atoms with E-state index in [4.69, 9.17) is 9.15 Å². The Morgan fingerprint density at radius 3 is 3.03 bits per heavy atom. The Balaban J connectivity index is 1.05. The van der Waals surface area contributed by atoms with E-state index < -0.39 is 0 Å². The maximum Gasteiger partial charge on any atom is 0.220 e. The Kier molecular flexibility index (Phi) is 9.94. The number of hydrogen-bond donors (Lipinski definition) is 1. The molecule has 0 radical (unpaired) electrons. The van der Waals surface area contributed by atoms with Gasteiger partial charge in [0.1, 0.15) is 17.0 Å². The number of carbonyl (C=O) groups is 1. The lowest BCUT2D eigenvalue weighted by Gasteiger charge is -2.07. The van der Waals surface area contributed by atoms with Crippen LogP contribution in [0.1, 0.15) is 57.1 Å². The van der Waals surface area contributed by atoms with Gasteiger partial charge in [-0.3, -0.25) is 14.3 Å². The van der Waals surface area contributed by atoms with Gasteiger partial charge in [-0.1, -0.05) is 33.2 Å². The van der Waals surface area contributed by atoms with E-state index in [1.165, 1.54) is 30.9 Å². The molecule has 0 bridgehead atoms. The van der Waals surface area contributed by atoms with Gasteiger partial charge in [0.05, 0.1) is 31.0 Å². The molecule has 1 amide bonds. The predicted octanol–water partition coefficient (Wildman–Crippen LogP) is 4.96. The van der Waals surface area contributed by atoms with Crippen LogP contribution in [0.25, 0.3) is 11.0 Å². The third-order valence-electron chi connectivity index (χ3n) is 5.89. The average molecular weight is 517 g/mol. The van der Waals surface area contributed by atoms with Gasteiger partial charge in [-0.25, -0.2) is 0 Å². The first-order valence-corrected chi connectivity index (χ1v) is 14.6. The van der Waals surface area contributed by atoms with Crippen molar-refractivity contribution < 1.29 is 13.9 Å². The summed E-state index contributed by atoms with van der Waals surface area (Å²) < 4.78 is 13.0. The quantitative estimate of drug-likeness (QED) is 0.237. The molecule has 35 heavy (non-hydrogen) atoms. The summed E-state index contributed by atoms with van der Waals surface area (Å²) in [7, 11) is 3.97. The summed E-state index contributed by atoms with van der Waals surface area (Å²) in [4.78, 5) is 23.8. The molecule has 0 spiro atoms. The van der Waals surface area contributed by atoms with E-state index in [1.54, 1.807) is 18.2 Å². The third-order valence-corrected chi connectivity index (χ3v) is 8.90.